The monoisotopic (exact) mass is 395 g/mol. The first-order valence-electron chi connectivity index (χ1n) is 7.54. The smallest absolute Gasteiger partial charge is 0.328 e. The number of aliphatic carboxylic acids is 2. The van der Waals surface area contributed by atoms with E-state index < -0.39 is 17.5 Å². The molecule has 0 heterocycles. The Morgan fingerprint density at radius 1 is 1.00 bits per heavy atom. The van der Waals surface area contributed by atoms with Gasteiger partial charge >= 0.3 is 11.9 Å². The Hall–Kier alpha value is -2.34. The summed E-state index contributed by atoms with van der Waals surface area (Å²) in [6, 6.07) is 15.7. The standard InChI is InChI=1S/C15H15Cl2N.C4H4O4/c1-15(18,10-11-5-3-2-4-6-11)12-7-8-13(16)14(17)9-12;5-3(6)1-2-4(7)8/h2-9H,10,18H2,1H3;1-2H,(H,5,6)(H,7,8). The van der Waals surface area contributed by atoms with Crippen LogP contribution in [0, 0.1) is 0 Å². The van der Waals surface area contributed by atoms with Gasteiger partial charge in [0.15, 0.2) is 0 Å². The Kier molecular flexibility index (Phi) is 8.32. The van der Waals surface area contributed by atoms with Crippen molar-refractivity contribution in [3.8, 4) is 0 Å². The van der Waals surface area contributed by atoms with Crippen molar-refractivity contribution in [1.29, 1.82) is 0 Å². The maximum Gasteiger partial charge on any atom is 0.328 e. The van der Waals surface area contributed by atoms with Gasteiger partial charge in [-0.05, 0) is 36.6 Å². The molecule has 2 aromatic rings. The van der Waals surface area contributed by atoms with Crippen LogP contribution in [0.1, 0.15) is 18.1 Å². The summed E-state index contributed by atoms with van der Waals surface area (Å²) in [5.41, 5.74) is 8.11. The third-order valence-corrected chi connectivity index (χ3v) is 4.10. The lowest BCUT2D eigenvalue weighted by Gasteiger charge is -2.26. The molecule has 0 aromatic heterocycles. The molecular weight excluding hydrogens is 377 g/mol. The number of carboxylic acid groups (broad SMARTS) is 2. The van der Waals surface area contributed by atoms with Gasteiger partial charge in [0, 0.05) is 17.7 Å². The van der Waals surface area contributed by atoms with Crippen molar-refractivity contribution in [3.05, 3.63) is 81.9 Å². The van der Waals surface area contributed by atoms with E-state index in [0.717, 1.165) is 12.0 Å². The van der Waals surface area contributed by atoms with E-state index in [0.29, 0.717) is 22.2 Å². The molecule has 0 aliphatic carbocycles. The molecule has 0 aliphatic heterocycles. The van der Waals surface area contributed by atoms with Gasteiger partial charge < -0.3 is 15.9 Å². The molecule has 138 valence electrons. The van der Waals surface area contributed by atoms with Crippen molar-refractivity contribution in [1.82, 2.24) is 0 Å². The molecule has 0 saturated heterocycles. The molecular formula is C19H19Cl2NO4. The van der Waals surface area contributed by atoms with Crippen molar-refractivity contribution in [2.75, 3.05) is 0 Å². The Balaban J connectivity index is 0.000000359. The summed E-state index contributed by atoms with van der Waals surface area (Å²) in [5.74, 6) is -2.51. The van der Waals surface area contributed by atoms with Crippen LogP contribution in [0.15, 0.2) is 60.7 Å². The molecule has 2 aromatic carbocycles. The van der Waals surface area contributed by atoms with Crippen molar-refractivity contribution in [2.45, 2.75) is 18.9 Å². The van der Waals surface area contributed by atoms with E-state index in [9.17, 15) is 9.59 Å². The third-order valence-electron chi connectivity index (χ3n) is 3.36. The van der Waals surface area contributed by atoms with E-state index >= 15 is 0 Å². The first-order valence-corrected chi connectivity index (χ1v) is 8.29. The fraction of sp³-hybridized carbons (Fsp3) is 0.158. The zero-order chi connectivity index (χ0) is 19.7. The summed E-state index contributed by atoms with van der Waals surface area (Å²) >= 11 is 12.0. The Morgan fingerprint density at radius 3 is 2.00 bits per heavy atom. The summed E-state index contributed by atoms with van der Waals surface area (Å²) in [6.07, 6.45) is 1.87. The minimum absolute atomic E-state index is 0.463. The number of carbonyl (C=O) groups is 2. The highest BCUT2D eigenvalue weighted by Crippen LogP contribution is 2.29. The maximum absolute atomic E-state index is 9.55. The number of hydrogen-bond donors (Lipinski definition) is 3. The summed E-state index contributed by atoms with van der Waals surface area (Å²) in [7, 11) is 0. The first kappa shape index (κ1) is 21.7. The van der Waals surface area contributed by atoms with Crippen LogP contribution in [-0.2, 0) is 21.5 Å². The van der Waals surface area contributed by atoms with Crippen LogP contribution in [0.4, 0.5) is 0 Å². The largest absolute Gasteiger partial charge is 0.478 e. The number of nitrogens with two attached hydrogens (primary N) is 1. The van der Waals surface area contributed by atoms with E-state index in [4.69, 9.17) is 39.1 Å². The van der Waals surface area contributed by atoms with Gasteiger partial charge in [0.05, 0.1) is 10.0 Å². The molecule has 1 atom stereocenters. The van der Waals surface area contributed by atoms with Crippen LogP contribution in [0.2, 0.25) is 10.0 Å². The second-order valence-corrected chi connectivity index (χ2v) is 6.53. The third kappa shape index (κ3) is 7.70. The van der Waals surface area contributed by atoms with Crippen molar-refractivity contribution in [3.63, 3.8) is 0 Å². The lowest BCUT2D eigenvalue weighted by atomic mass is 9.87. The van der Waals surface area contributed by atoms with Gasteiger partial charge in [-0.2, -0.15) is 0 Å². The van der Waals surface area contributed by atoms with Crippen molar-refractivity contribution < 1.29 is 19.8 Å². The molecule has 0 fully saturated rings. The summed E-state index contributed by atoms with van der Waals surface area (Å²) in [6.45, 7) is 2.00. The lowest BCUT2D eigenvalue weighted by molar-refractivity contribution is -0.134. The van der Waals surface area contributed by atoms with Crippen molar-refractivity contribution in [2.24, 2.45) is 5.73 Å². The van der Waals surface area contributed by atoms with Gasteiger partial charge in [-0.25, -0.2) is 9.59 Å². The summed E-state index contributed by atoms with van der Waals surface area (Å²) < 4.78 is 0. The molecule has 1 unspecified atom stereocenters. The average molecular weight is 396 g/mol. The summed E-state index contributed by atoms with van der Waals surface area (Å²) in [5, 5.41) is 16.7. The van der Waals surface area contributed by atoms with E-state index in [1.54, 1.807) is 6.07 Å². The molecule has 26 heavy (non-hydrogen) atoms. The maximum atomic E-state index is 9.55. The molecule has 0 aliphatic rings. The van der Waals surface area contributed by atoms with Crippen LogP contribution in [0.3, 0.4) is 0 Å². The van der Waals surface area contributed by atoms with Gasteiger partial charge in [-0.15, -0.1) is 0 Å². The molecule has 4 N–H and O–H groups in total. The molecule has 5 nitrogen and oxygen atoms in total. The molecule has 0 amide bonds. The van der Waals surface area contributed by atoms with Gasteiger partial charge in [0.25, 0.3) is 0 Å². The van der Waals surface area contributed by atoms with Crippen LogP contribution in [0.5, 0.6) is 0 Å². The van der Waals surface area contributed by atoms with Crippen LogP contribution in [0.25, 0.3) is 0 Å². The first-order chi connectivity index (χ1) is 12.1. The molecule has 0 radical (unpaired) electrons. The Morgan fingerprint density at radius 2 is 1.54 bits per heavy atom. The highest BCUT2D eigenvalue weighted by Gasteiger charge is 2.22. The highest BCUT2D eigenvalue weighted by atomic mass is 35.5. The van der Waals surface area contributed by atoms with Crippen LogP contribution < -0.4 is 5.73 Å². The number of carboxylic acids is 2. The van der Waals surface area contributed by atoms with Gasteiger partial charge in [0.2, 0.25) is 0 Å². The fourth-order valence-electron chi connectivity index (χ4n) is 2.12. The van der Waals surface area contributed by atoms with E-state index in [-0.39, 0.29) is 0 Å². The minimum atomic E-state index is -1.26. The number of halogens is 2. The normalized spacial score (nSPS) is 12.8. The van der Waals surface area contributed by atoms with Gasteiger partial charge in [-0.1, -0.05) is 59.6 Å². The van der Waals surface area contributed by atoms with Gasteiger partial charge in [-0.3, -0.25) is 0 Å². The zero-order valence-corrected chi connectivity index (χ0v) is 15.5. The molecule has 2 rings (SSSR count). The zero-order valence-electron chi connectivity index (χ0n) is 14.0. The van der Waals surface area contributed by atoms with E-state index in [2.05, 4.69) is 12.1 Å². The second-order valence-electron chi connectivity index (χ2n) is 5.72. The average Bonchev–Trinajstić information content (AvgIpc) is 2.56. The Labute approximate surface area is 161 Å². The topological polar surface area (TPSA) is 101 Å². The van der Waals surface area contributed by atoms with Crippen molar-refractivity contribution >= 4 is 35.1 Å². The summed E-state index contributed by atoms with van der Waals surface area (Å²) in [4.78, 5) is 19.1. The molecule has 0 bridgehead atoms. The SMILES string of the molecule is CC(N)(Cc1ccccc1)c1ccc(Cl)c(Cl)c1.O=C(O)C=CC(=O)O. The predicted molar refractivity (Wildman–Crippen MR) is 103 cm³/mol. The number of benzene rings is 2. The molecule has 7 heteroatoms. The molecule has 0 spiro atoms. The quantitative estimate of drug-likeness (QED) is 0.660. The van der Waals surface area contributed by atoms with E-state index in [1.807, 2.05) is 37.3 Å². The second kappa shape index (κ2) is 9.97. The predicted octanol–water partition coefficient (Wildman–Crippen LogP) is 4.12. The van der Waals surface area contributed by atoms with Gasteiger partial charge in [0.1, 0.15) is 0 Å². The van der Waals surface area contributed by atoms with E-state index in [1.165, 1.54) is 5.56 Å². The lowest BCUT2D eigenvalue weighted by Crippen LogP contribution is -2.35. The number of hydrogen-bond acceptors (Lipinski definition) is 3. The van der Waals surface area contributed by atoms with Crippen LogP contribution in [-0.4, -0.2) is 22.2 Å². The van der Waals surface area contributed by atoms with Crippen LogP contribution >= 0.6 is 23.2 Å². The number of rotatable bonds is 5. The molecule has 0 saturated carbocycles. The highest BCUT2D eigenvalue weighted by molar-refractivity contribution is 6.42. The minimum Gasteiger partial charge on any atom is -0.478 e. The fourth-order valence-corrected chi connectivity index (χ4v) is 2.41. The Bertz CT molecular complexity index is 773.